The van der Waals surface area contributed by atoms with Crippen molar-refractivity contribution in [3.05, 3.63) is 175 Å². The topological polar surface area (TPSA) is 71.8 Å². The molecule has 6 heteroatoms. The molecule has 0 radical (unpaired) electrons. The summed E-state index contributed by atoms with van der Waals surface area (Å²) in [6.07, 6.45) is 1.90. The van der Waals surface area contributed by atoms with Crippen LogP contribution in [0.25, 0.3) is 88.3 Å². The number of nitriles is 1. The highest BCUT2D eigenvalue weighted by Crippen LogP contribution is 2.39. The quantitative estimate of drug-likeness (QED) is 0.174. The average molecular weight is 651 g/mol. The molecule has 9 aromatic rings. The number of aromatic nitrogens is 4. The number of pyridine rings is 1. The SMILES string of the molecule is [C-]#[N+]c1ccc(-c2nc3c(-c4ccccc4)ncc(-c4cccc(-n5c6ccccc6c6ccccc65)c4)c3nc2-c2ccc(C#N)cc2)cc1. The summed E-state index contributed by atoms with van der Waals surface area (Å²) in [6.45, 7) is 7.47. The fourth-order valence-corrected chi connectivity index (χ4v) is 6.87. The molecule has 0 amide bonds. The molecule has 0 unspecified atom stereocenters. The minimum Gasteiger partial charge on any atom is -0.309 e. The highest BCUT2D eigenvalue weighted by atomic mass is 15.0. The van der Waals surface area contributed by atoms with E-state index < -0.39 is 0 Å². The molecule has 6 nitrogen and oxygen atoms in total. The Balaban J connectivity index is 1.33. The van der Waals surface area contributed by atoms with Crippen molar-refractivity contribution in [3.8, 4) is 56.7 Å². The molecule has 236 valence electrons. The van der Waals surface area contributed by atoms with E-state index in [4.69, 9.17) is 21.5 Å². The number of para-hydroxylation sites is 2. The van der Waals surface area contributed by atoms with Gasteiger partial charge in [0.1, 0.15) is 11.0 Å². The van der Waals surface area contributed by atoms with Crippen molar-refractivity contribution >= 4 is 38.5 Å². The first kappa shape index (κ1) is 29.7. The predicted octanol–water partition coefficient (Wildman–Crippen LogP) is 11.2. The summed E-state index contributed by atoms with van der Waals surface area (Å²) in [6, 6.07) is 52.6. The number of nitrogens with zero attached hydrogens (tertiary/aromatic N) is 6. The largest absolute Gasteiger partial charge is 0.309 e. The van der Waals surface area contributed by atoms with Gasteiger partial charge in [0.25, 0.3) is 0 Å². The van der Waals surface area contributed by atoms with Crippen LogP contribution in [0.3, 0.4) is 0 Å². The predicted molar refractivity (Wildman–Crippen MR) is 204 cm³/mol. The molecular weight excluding hydrogens is 625 g/mol. The molecule has 0 fully saturated rings. The van der Waals surface area contributed by atoms with Crippen LogP contribution in [0.15, 0.2) is 158 Å². The number of fused-ring (bicyclic) bond motifs is 4. The van der Waals surface area contributed by atoms with E-state index in [9.17, 15) is 5.26 Å². The maximum atomic E-state index is 9.52. The Morgan fingerprint density at radius 2 is 1.12 bits per heavy atom. The summed E-state index contributed by atoms with van der Waals surface area (Å²) in [5, 5.41) is 11.9. The Morgan fingerprint density at radius 3 is 1.76 bits per heavy atom. The van der Waals surface area contributed by atoms with Gasteiger partial charge in [-0.2, -0.15) is 5.26 Å². The van der Waals surface area contributed by atoms with Crippen LogP contribution in [-0.4, -0.2) is 19.5 Å². The first-order valence-corrected chi connectivity index (χ1v) is 16.5. The van der Waals surface area contributed by atoms with Crippen molar-refractivity contribution in [1.29, 1.82) is 5.26 Å². The van der Waals surface area contributed by atoms with Crippen LogP contribution in [0.4, 0.5) is 5.69 Å². The van der Waals surface area contributed by atoms with Crippen LogP contribution in [-0.2, 0) is 0 Å². The molecule has 0 aliphatic carbocycles. The van der Waals surface area contributed by atoms with Crippen LogP contribution >= 0.6 is 0 Å². The number of hydrogen-bond donors (Lipinski definition) is 0. The van der Waals surface area contributed by atoms with Gasteiger partial charge in [-0.25, -0.2) is 14.8 Å². The van der Waals surface area contributed by atoms with E-state index in [2.05, 4.69) is 88.3 Å². The standard InChI is InChI=1S/C45H26N6/c1-47-34-24-22-32(23-25-34)43-42(31-20-18-29(27-46)19-21-31)49-44-38(28-48-41(45(44)50-43)30-10-3-2-4-11-30)33-12-9-13-35(26-33)51-39-16-7-5-14-36(39)37-15-6-8-17-40(37)51/h2-26,28H. The van der Waals surface area contributed by atoms with Gasteiger partial charge in [0.2, 0.25) is 0 Å². The summed E-state index contributed by atoms with van der Waals surface area (Å²) in [5.41, 5.74) is 12.3. The van der Waals surface area contributed by atoms with Crippen LogP contribution < -0.4 is 0 Å². The summed E-state index contributed by atoms with van der Waals surface area (Å²) in [7, 11) is 0. The summed E-state index contributed by atoms with van der Waals surface area (Å²) >= 11 is 0. The van der Waals surface area contributed by atoms with Crippen LogP contribution in [0.1, 0.15) is 5.56 Å². The van der Waals surface area contributed by atoms with Crippen molar-refractivity contribution in [3.63, 3.8) is 0 Å². The van der Waals surface area contributed by atoms with E-state index in [-0.39, 0.29) is 0 Å². The fraction of sp³-hybridized carbons (Fsp3) is 0. The summed E-state index contributed by atoms with van der Waals surface area (Å²) < 4.78 is 2.31. The van der Waals surface area contributed by atoms with Crippen molar-refractivity contribution in [1.82, 2.24) is 19.5 Å². The van der Waals surface area contributed by atoms with Crippen LogP contribution in [0.2, 0.25) is 0 Å². The first-order chi connectivity index (χ1) is 25.2. The molecule has 3 heterocycles. The molecule has 9 rings (SSSR count). The Kier molecular flexibility index (Phi) is 7.13. The lowest BCUT2D eigenvalue weighted by atomic mass is 9.99. The Morgan fingerprint density at radius 1 is 0.549 bits per heavy atom. The summed E-state index contributed by atoms with van der Waals surface area (Å²) in [5.74, 6) is 0. The highest BCUT2D eigenvalue weighted by molar-refractivity contribution is 6.09. The minimum atomic E-state index is 0.546. The Hall–Kier alpha value is -7.41. The molecule has 0 saturated carbocycles. The molecule has 0 aliphatic heterocycles. The maximum Gasteiger partial charge on any atom is 0.187 e. The second kappa shape index (κ2) is 12.2. The van der Waals surface area contributed by atoms with E-state index in [0.717, 1.165) is 50.2 Å². The highest BCUT2D eigenvalue weighted by Gasteiger charge is 2.21. The molecule has 0 saturated heterocycles. The van der Waals surface area contributed by atoms with Gasteiger partial charge in [0.05, 0.1) is 46.3 Å². The molecule has 6 aromatic carbocycles. The molecule has 0 spiro atoms. The second-order valence-electron chi connectivity index (χ2n) is 12.3. The van der Waals surface area contributed by atoms with Gasteiger partial charge in [0, 0.05) is 39.3 Å². The fourth-order valence-electron chi connectivity index (χ4n) is 6.87. The number of rotatable bonds is 5. The van der Waals surface area contributed by atoms with Gasteiger partial charge in [0.15, 0.2) is 5.69 Å². The van der Waals surface area contributed by atoms with Gasteiger partial charge in [-0.3, -0.25) is 4.98 Å². The summed E-state index contributed by atoms with van der Waals surface area (Å²) in [4.78, 5) is 19.4. The lowest BCUT2D eigenvalue weighted by Crippen LogP contribution is -2.01. The number of hydrogen-bond acceptors (Lipinski definition) is 4. The van der Waals surface area contributed by atoms with Crippen LogP contribution in [0, 0.1) is 17.9 Å². The van der Waals surface area contributed by atoms with Gasteiger partial charge >= 0.3 is 0 Å². The smallest absolute Gasteiger partial charge is 0.187 e. The minimum absolute atomic E-state index is 0.546. The third-order valence-electron chi connectivity index (χ3n) is 9.30. The van der Waals surface area contributed by atoms with Crippen molar-refractivity contribution < 1.29 is 0 Å². The molecule has 3 aromatic heterocycles. The van der Waals surface area contributed by atoms with E-state index in [1.54, 1.807) is 24.3 Å². The van der Waals surface area contributed by atoms with Crippen LogP contribution in [0.5, 0.6) is 0 Å². The first-order valence-electron chi connectivity index (χ1n) is 16.5. The normalized spacial score (nSPS) is 11.1. The zero-order chi connectivity index (χ0) is 34.3. The molecule has 0 aliphatic rings. The van der Waals surface area contributed by atoms with Gasteiger partial charge in [-0.15, -0.1) is 0 Å². The van der Waals surface area contributed by atoms with Crippen molar-refractivity contribution in [2.75, 3.05) is 0 Å². The average Bonchev–Trinajstić information content (AvgIpc) is 3.55. The van der Waals surface area contributed by atoms with E-state index in [0.29, 0.717) is 33.7 Å². The zero-order valence-corrected chi connectivity index (χ0v) is 27.2. The van der Waals surface area contributed by atoms with Gasteiger partial charge in [-0.1, -0.05) is 115 Å². The maximum absolute atomic E-state index is 9.52. The van der Waals surface area contributed by atoms with E-state index in [1.165, 1.54) is 10.8 Å². The Bertz CT molecular complexity index is 2800. The van der Waals surface area contributed by atoms with Crippen molar-refractivity contribution in [2.45, 2.75) is 0 Å². The molecule has 0 N–H and O–H groups in total. The van der Waals surface area contributed by atoms with E-state index in [1.807, 2.05) is 60.8 Å². The Labute approximate surface area is 294 Å². The zero-order valence-electron chi connectivity index (χ0n) is 27.2. The van der Waals surface area contributed by atoms with Crippen molar-refractivity contribution in [2.24, 2.45) is 0 Å². The second-order valence-corrected chi connectivity index (χ2v) is 12.3. The molecular formula is C45H26N6. The van der Waals surface area contributed by atoms with Gasteiger partial charge in [-0.05, 0) is 47.5 Å². The molecule has 0 atom stereocenters. The number of benzene rings is 6. The molecule has 51 heavy (non-hydrogen) atoms. The van der Waals surface area contributed by atoms with E-state index >= 15 is 0 Å². The monoisotopic (exact) mass is 650 g/mol. The third-order valence-corrected chi connectivity index (χ3v) is 9.30. The molecule has 0 bridgehead atoms. The van der Waals surface area contributed by atoms with Gasteiger partial charge < -0.3 is 4.57 Å². The lowest BCUT2D eigenvalue weighted by Gasteiger charge is -2.16. The third kappa shape index (κ3) is 5.07. The lowest BCUT2D eigenvalue weighted by molar-refractivity contribution is 1.18.